The summed E-state index contributed by atoms with van der Waals surface area (Å²) in [6.07, 6.45) is 3.61. The molecule has 0 amide bonds. The fourth-order valence-electron chi connectivity index (χ4n) is 3.63. The molecule has 0 fully saturated rings. The van der Waals surface area contributed by atoms with Crippen molar-refractivity contribution in [1.29, 1.82) is 0 Å². The molecule has 3 aromatic rings. The van der Waals surface area contributed by atoms with Gasteiger partial charge in [-0.2, -0.15) is 10.1 Å². The van der Waals surface area contributed by atoms with E-state index in [2.05, 4.69) is 27.3 Å². The molecule has 2 heterocycles. The average molecular weight is 462 g/mol. The smallest absolute Gasteiger partial charge is 0.222 e. The Morgan fingerprint density at radius 1 is 1.21 bits per heavy atom. The largest absolute Gasteiger partial charge is 0.496 e. The van der Waals surface area contributed by atoms with Gasteiger partial charge in [-0.1, -0.05) is 13.3 Å². The molecule has 11 heteroatoms. The van der Waals surface area contributed by atoms with E-state index < -0.39 is 5.82 Å². The van der Waals surface area contributed by atoms with E-state index in [1.165, 1.54) is 13.2 Å². The molecule has 0 saturated heterocycles. The van der Waals surface area contributed by atoms with Crippen molar-refractivity contribution in [2.45, 2.75) is 32.9 Å². The lowest BCUT2D eigenvalue weighted by atomic mass is 10.1. The van der Waals surface area contributed by atoms with Gasteiger partial charge in [0.1, 0.15) is 17.1 Å². The minimum absolute atomic E-state index is 0.00807. The molecule has 0 unspecified atom stereocenters. The number of nitrogens with one attached hydrogen (secondary N) is 1. The number of ether oxygens (including phenoxy) is 1. The molecule has 180 valence electrons. The highest BCUT2D eigenvalue weighted by molar-refractivity contribution is 5.86. The van der Waals surface area contributed by atoms with Crippen LogP contribution in [0, 0.1) is 5.82 Å². The van der Waals surface area contributed by atoms with Gasteiger partial charge in [0.2, 0.25) is 5.95 Å². The van der Waals surface area contributed by atoms with Crippen molar-refractivity contribution in [2.75, 3.05) is 50.6 Å². The number of nitrogen functional groups attached to an aromatic ring is 1. The summed E-state index contributed by atoms with van der Waals surface area (Å²) in [4.78, 5) is 10.6. The number of aliphatic hydroxyl groups excluding tert-OH is 2. The van der Waals surface area contributed by atoms with Crippen molar-refractivity contribution in [3.05, 3.63) is 35.3 Å². The number of benzene rings is 1. The molecule has 0 aliphatic heterocycles. The maximum atomic E-state index is 15.0. The molecule has 0 spiro atoms. The van der Waals surface area contributed by atoms with Gasteiger partial charge in [-0.3, -0.25) is 4.68 Å². The van der Waals surface area contributed by atoms with Gasteiger partial charge < -0.3 is 30.9 Å². The van der Waals surface area contributed by atoms with Crippen LogP contribution in [0.5, 0.6) is 5.75 Å². The van der Waals surface area contributed by atoms with Crippen LogP contribution >= 0.6 is 0 Å². The highest BCUT2D eigenvalue weighted by Crippen LogP contribution is 2.27. The first-order valence-corrected chi connectivity index (χ1v) is 11.0. The third-order valence-corrected chi connectivity index (χ3v) is 5.23. The Hall–Kier alpha value is -3.02. The molecule has 2 aromatic heterocycles. The number of unbranched alkanes of at least 4 members (excludes halogenated alkanes) is 1. The van der Waals surface area contributed by atoms with Crippen LogP contribution in [0.3, 0.4) is 0 Å². The van der Waals surface area contributed by atoms with E-state index >= 15 is 0 Å². The van der Waals surface area contributed by atoms with E-state index in [4.69, 9.17) is 15.6 Å². The Morgan fingerprint density at radius 3 is 2.73 bits per heavy atom. The number of nitrogens with two attached hydrogens (primary N) is 1. The number of rotatable bonds is 13. The molecule has 10 nitrogen and oxygen atoms in total. The van der Waals surface area contributed by atoms with Crippen LogP contribution in [0.25, 0.3) is 11.0 Å². The summed E-state index contributed by atoms with van der Waals surface area (Å²) >= 11 is 0. The van der Waals surface area contributed by atoms with Gasteiger partial charge in [0.05, 0.1) is 38.6 Å². The Kier molecular flexibility index (Phi) is 8.75. The molecule has 1 aromatic carbocycles. The normalized spacial score (nSPS) is 11.3. The van der Waals surface area contributed by atoms with Crippen molar-refractivity contribution < 1.29 is 19.3 Å². The molecular formula is C22H32FN7O3. The van der Waals surface area contributed by atoms with Crippen LogP contribution in [0.2, 0.25) is 0 Å². The number of aliphatic hydroxyl groups is 2. The number of halogens is 1. The summed E-state index contributed by atoms with van der Waals surface area (Å²) in [7, 11) is 1.49. The van der Waals surface area contributed by atoms with Gasteiger partial charge in [-0.15, -0.1) is 0 Å². The summed E-state index contributed by atoms with van der Waals surface area (Å²) in [6, 6.07) is 3.21. The standard InChI is InChI=1S/C22H32FN7O3/c1-3-4-6-29(7-9-32)21-20-18(26-22(24)27-21)14-30(28-20)13-16-17(23)10-15(11-19(16)33-2)12-25-5-8-31/h10-11,14,25,31-32H,3-9,12-13H2,1-2H3,(H2,24,26). The topological polar surface area (TPSA) is 135 Å². The molecule has 0 radical (unpaired) electrons. The van der Waals surface area contributed by atoms with Crippen molar-refractivity contribution >= 4 is 22.8 Å². The van der Waals surface area contributed by atoms with Gasteiger partial charge >= 0.3 is 0 Å². The highest BCUT2D eigenvalue weighted by atomic mass is 19.1. The second-order valence-electron chi connectivity index (χ2n) is 7.69. The van der Waals surface area contributed by atoms with E-state index in [1.54, 1.807) is 16.9 Å². The summed E-state index contributed by atoms with van der Waals surface area (Å²) in [5.41, 5.74) is 8.09. The molecule has 0 atom stereocenters. The lowest BCUT2D eigenvalue weighted by Crippen LogP contribution is -2.29. The second-order valence-corrected chi connectivity index (χ2v) is 7.69. The van der Waals surface area contributed by atoms with Gasteiger partial charge in [-0.25, -0.2) is 9.37 Å². The Balaban J connectivity index is 1.94. The van der Waals surface area contributed by atoms with Gasteiger partial charge in [0.15, 0.2) is 11.3 Å². The van der Waals surface area contributed by atoms with E-state index in [1.807, 2.05) is 4.90 Å². The molecule has 0 aliphatic rings. The number of methoxy groups -OCH3 is 1. The molecule has 5 N–H and O–H groups in total. The van der Waals surface area contributed by atoms with Crippen LogP contribution in [-0.4, -0.2) is 69.9 Å². The van der Waals surface area contributed by atoms with E-state index in [0.717, 1.165) is 12.8 Å². The third-order valence-electron chi connectivity index (χ3n) is 5.23. The lowest BCUT2D eigenvalue weighted by molar-refractivity contribution is 0.292. The summed E-state index contributed by atoms with van der Waals surface area (Å²) in [6.45, 7) is 4.12. The molecule has 0 bridgehead atoms. The summed E-state index contributed by atoms with van der Waals surface area (Å²) < 4.78 is 22.0. The predicted molar refractivity (Wildman–Crippen MR) is 125 cm³/mol. The molecule has 0 saturated carbocycles. The van der Waals surface area contributed by atoms with Crippen LogP contribution in [0.1, 0.15) is 30.9 Å². The lowest BCUT2D eigenvalue weighted by Gasteiger charge is -2.22. The number of aromatic nitrogens is 4. The number of anilines is 2. The van der Waals surface area contributed by atoms with Crippen molar-refractivity contribution in [2.24, 2.45) is 0 Å². The number of nitrogens with zero attached hydrogens (tertiary/aromatic N) is 5. The van der Waals surface area contributed by atoms with E-state index in [0.29, 0.717) is 59.9 Å². The SMILES string of the molecule is CCCCN(CCO)c1nc(N)nc2cn(Cc3c(F)cc(CNCCO)cc3OC)nc12. The second kappa shape index (κ2) is 11.7. The van der Waals surface area contributed by atoms with Gasteiger partial charge in [-0.05, 0) is 24.1 Å². The summed E-state index contributed by atoms with van der Waals surface area (Å²) in [5.74, 6) is 0.660. The van der Waals surface area contributed by atoms with Crippen LogP contribution < -0.4 is 20.7 Å². The zero-order valence-electron chi connectivity index (χ0n) is 19.1. The molecular weight excluding hydrogens is 429 g/mol. The Bertz CT molecular complexity index is 1060. The van der Waals surface area contributed by atoms with E-state index in [9.17, 15) is 9.50 Å². The molecule has 3 rings (SSSR count). The Labute approximate surface area is 192 Å². The van der Waals surface area contributed by atoms with Crippen molar-refractivity contribution in [3.63, 3.8) is 0 Å². The van der Waals surface area contributed by atoms with Crippen LogP contribution in [-0.2, 0) is 13.1 Å². The van der Waals surface area contributed by atoms with Gasteiger partial charge in [0, 0.05) is 26.2 Å². The fraction of sp³-hybridized carbons (Fsp3) is 0.500. The van der Waals surface area contributed by atoms with Crippen molar-refractivity contribution in [3.8, 4) is 5.75 Å². The van der Waals surface area contributed by atoms with Crippen molar-refractivity contribution in [1.82, 2.24) is 25.1 Å². The van der Waals surface area contributed by atoms with Gasteiger partial charge in [0.25, 0.3) is 0 Å². The van der Waals surface area contributed by atoms with Crippen LogP contribution in [0.15, 0.2) is 18.3 Å². The zero-order chi connectivity index (χ0) is 23.8. The first kappa shape index (κ1) is 24.6. The first-order valence-electron chi connectivity index (χ1n) is 11.0. The Morgan fingerprint density at radius 2 is 2.03 bits per heavy atom. The van der Waals surface area contributed by atoms with Crippen LogP contribution in [0.4, 0.5) is 16.2 Å². The van der Waals surface area contributed by atoms with E-state index in [-0.39, 0.29) is 25.7 Å². The quantitative estimate of drug-likeness (QED) is 0.278. The average Bonchev–Trinajstić information content (AvgIpc) is 3.20. The molecule has 0 aliphatic carbocycles. The highest BCUT2D eigenvalue weighted by Gasteiger charge is 2.19. The monoisotopic (exact) mass is 461 g/mol. The number of hydrogen-bond acceptors (Lipinski definition) is 9. The maximum Gasteiger partial charge on any atom is 0.222 e. The minimum Gasteiger partial charge on any atom is -0.496 e. The zero-order valence-corrected chi connectivity index (χ0v) is 19.1. The maximum absolute atomic E-state index is 15.0. The molecule has 33 heavy (non-hydrogen) atoms. The fourth-order valence-corrected chi connectivity index (χ4v) is 3.63. The first-order chi connectivity index (χ1) is 16.0. The summed E-state index contributed by atoms with van der Waals surface area (Å²) in [5, 5.41) is 26.0. The third kappa shape index (κ3) is 6.06. The predicted octanol–water partition coefficient (Wildman–Crippen LogP) is 1.29. The number of hydrogen-bond donors (Lipinski definition) is 4. The number of fused-ring (bicyclic) bond motifs is 1. The minimum atomic E-state index is -0.412.